The molecule has 2 amide bonds. The van der Waals surface area contributed by atoms with Gasteiger partial charge in [-0.15, -0.1) is 11.8 Å². The van der Waals surface area contributed by atoms with Crippen LogP contribution in [0.25, 0.3) is 0 Å². The fraction of sp³-hybridized carbons (Fsp3) is 0.429. The predicted molar refractivity (Wildman–Crippen MR) is 51.6 cm³/mol. The summed E-state index contributed by atoms with van der Waals surface area (Å²) < 4.78 is 0. The highest BCUT2D eigenvalue weighted by Gasteiger charge is 2.17. The zero-order valence-corrected chi connectivity index (χ0v) is 7.80. The third kappa shape index (κ3) is 1.95. The maximum Gasteiger partial charge on any atom is 0.322 e. The fourth-order valence-corrected chi connectivity index (χ4v) is 2.04. The molecule has 0 spiro atoms. The van der Waals surface area contributed by atoms with Crippen molar-refractivity contribution >= 4 is 23.5 Å². The highest BCUT2D eigenvalue weighted by Crippen LogP contribution is 2.14. The van der Waals surface area contributed by atoms with Crippen LogP contribution in [0.4, 0.5) is 10.5 Å². The van der Waals surface area contributed by atoms with Crippen molar-refractivity contribution in [1.82, 2.24) is 15.1 Å². The van der Waals surface area contributed by atoms with Crippen LogP contribution in [0.15, 0.2) is 12.4 Å². The number of carbonyl (C=O) groups excluding carboxylic acids is 1. The lowest BCUT2D eigenvalue weighted by molar-refractivity contribution is 0.225. The maximum absolute atomic E-state index is 11.5. The molecule has 0 saturated carbocycles. The second-order valence-electron chi connectivity index (χ2n) is 2.72. The van der Waals surface area contributed by atoms with E-state index in [0.717, 1.165) is 18.2 Å². The molecule has 0 unspecified atom stereocenters. The molecule has 0 aliphatic carbocycles. The summed E-state index contributed by atoms with van der Waals surface area (Å²) in [6.07, 6.45) is 3.24. The summed E-state index contributed by atoms with van der Waals surface area (Å²) >= 11 is 1.76. The monoisotopic (exact) mass is 198 g/mol. The molecule has 1 saturated heterocycles. The van der Waals surface area contributed by atoms with E-state index in [0.29, 0.717) is 5.69 Å². The molecule has 0 aromatic carbocycles. The number of hydrogen-bond donors (Lipinski definition) is 2. The third-order valence-corrected chi connectivity index (χ3v) is 2.75. The van der Waals surface area contributed by atoms with Gasteiger partial charge in [0.05, 0.1) is 17.8 Å². The van der Waals surface area contributed by atoms with Gasteiger partial charge in [0.1, 0.15) is 0 Å². The molecule has 0 radical (unpaired) electrons. The van der Waals surface area contributed by atoms with Crippen molar-refractivity contribution in [2.24, 2.45) is 0 Å². The summed E-state index contributed by atoms with van der Waals surface area (Å²) in [6.45, 7) is 0.828. The minimum Gasteiger partial charge on any atom is -0.314 e. The Hall–Kier alpha value is -1.17. The highest BCUT2D eigenvalue weighted by molar-refractivity contribution is 7.99. The van der Waals surface area contributed by atoms with Gasteiger partial charge in [-0.1, -0.05) is 0 Å². The number of urea groups is 1. The van der Waals surface area contributed by atoms with Crippen LogP contribution in [-0.2, 0) is 0 Å². The van der Waals surface area contributed by atoms with Crippen molar-refractivity contribution in [3.05, 3.63) is 12.4 Å². The Morgan fingerprint density at radius 1 is 1.77 bits per heavy atom. The lowest BCUT2D eigenvalue weighted by atomic mass is 10.5. The van der Waals surface area contributed by atoms with Gasteiger partial charge >= 0.3 is 6.03 Å². The molecule has 6 heteroatoms. The maximum atomic E-state index is 11.5. The van der Waals surface area contributed by atoms with E-state index < -0.39 is 0 Å². The number of aromatic amines is 1. The number of carbonyl (C=O) groups is 1. The number of anilines is 1. The van der Waals surface area contributed by atoms with E-state index in [1.807, 2.05) is 0 Å². The van der Waals surface area contributed by atoms with Gasteiger partial charge < -0.3 is 10.2 Å². The standard InChI is InChI=1S/C7H10N4OS/c12-7(11-1-2-13-5-11)10-6-3-8-9-4-6/h3-4H,1-2,5H2,(H,8,9)(H,10,12). The van der Waals surface area contributed by atoms with Crippen LogP contribution in [0, 0.1) is 0 Å². The minimum atomic E-state index is -0.0496. The van der Waals surface area contributed by atoms with Crippen LogP contribution in [0.1, 0.15) is 0 Å². The number of nitrogens with zero attached hydrogens (tertiary/aromatic N) is 2. The van der Waals surface area contributed by atoms with Crippen LogP contribution in [0.2, 0.25) is 0 Å². The molecule has 5 nitrogen and oxygen atoms in total. The predicted octanol–water partition coefficient (Wildman–Crippen LogP) is 0.948. The third-order valence-electron chi connectivity index (χ3n) is 1.79. The van der Waals surface area contributed by atoms with Gasteiger partial charge in [0.25, 0.3) is 0 Å². The van der Waals surface area contributed by atoms with Crippen molar-refractivity contribution in [1.29, 1.82) is 0 Å². The lowest BCUT2D eigenvalue weighted by Crippen LogP contribution is -2.32. The fourth-order valence-electron chi connectivity index (χ4n) is 1.10. The molecule has 1 aromatic heterocycles. The Labute approximate surface area is 79.9 Å². The van der Waals surface area contributed by atoms with Gasteiger partial charge in [-0.05, 0) is 0 Å². The topological polar surface area (TPSA) is 61.0 Å². The van der Waals surface area contributed by atoms with Gasteiger partial charge in [-0.2, -0.15) is 5.10 Å². The number of hydrogen-bond acceptors (Lipinski definition) is 3. The van der Waals surface area contributed by atoms with Gasteiger partial charge in [-0.25, -0.2) is 4.79 Å². The van der Waals surface area contributed by atoms with Crippen molar-refractivity contribution in [3.8, 4) is 0 Å². The Balaban J connectivity index is 1.91. The largest absolute Gasteiger partial charge is 0.322 e. The van der Waals surface area contributed by atoms with Crippen LogP contribution in [0.5, 0.6) is 0 Å². The SMILES string of the molecule is O=C(Nc1cn[nH]c1)N1CCSC1. The Morgan fingerprint density at radius 2 is 2.69 bits per heavy atom. The van der Waals surface area contributed by atoms with Gasteiger partial charge in [0, 0.05) is 18.5 Å². The smallest absolute Gasteiger partial charge is 0.314 e. The first-order chi connectivity index (χ1) is 6.36. The number of nitrogens with one attached hydrogen (secondary N) is 2. The average Bonchev–Trinajstić information content (AvgIpc) is 2.74. The molecule has 0 bridgehead atoms. The van der Waals surface area contributed by atoms with E-state index in [1.54, 1.807) is 29.1 Å². The van der Waals surface area contributed by atoms with Crippen molar-refractivity contribution in [2.75, 3.05) is 23.5 Å². The molecule has 2 rings (SSSR count). The van der Waals surface area contributed by atoms with Crippen LogP contribution >= 0.6 is 11.8 Å². The molecule has 1 aliphatic rings. The van der Waals surface area contributed by atoms with E-state index in [-0.39, 0.29) is 6.03 Å². The van der Waals surface area contributed by atoms with Crippen LogP contribution in [0.3, 0.4) is 0 Å². The Morgan fingerprint density at radius 3 is 3.31 bits per heavy atom. The Kier molecular flexibility index (Phi) is 2.40. The van der Waals surface area contributed by atoms with Crippen LogP contribution in [-0.4, -0.2) is 39.3 Å². The number of aromatic nitrogens is 2. The second kappa shape index (κ2) is 3.69. The lowest BCUT2D eigenvalue weighted by Gasteiger charge is -2.13. The second-order valence-corrected chi connectivity index (χ2v) is 3.79. The molecule has 2 N–H and O–H groups in total. The summed E-state index contributed by atoms with van der Waals surface area (Å²) in [5.74, 6) is 1.81. The highest BCUT2D eigenvalue weighted by atomic mass is 32.2. The molecule has 1 aromatic rings. The quantitative estimate of drug-likeness (QED) is 0.706. The minimum absolute atomic E-state index is 0.0496. The first-order valence-electron chi connectivity index (χ1n) is 3.99. The van der Waals surface area contributed by atoms with E-state index in [9.17, 15) is 4.79 Å². The van der Waals surface area contributed by atoms with Gasteiger partial charge in [0.2, 0.25) is 0 Å². The normalized spacial score (nSPS) is 16.2. The van der Waals surface area contributed by atoms with E-state index in [1.165, 1.54) is 0 Å². The van der Waals surface area contributed by atoms with E-state index >= 15 is 0 Å². The summed E-state index contributed by atoms with van der Waals surface area (Å²) in [5, 5.41) is 9.12. The first kappa shape index (κ1) is 8.43. The zero-order chi connectivity index (χ0) is 9.10. The number of H-pyrrole nitrogens is 1. The average molecular weight is 198 g/mol. The zero-order valence-electron chi connectivity index (χ0n) is 6.99. The summed E-state index contributed by atoms with van der Waals surface area (Å²) in [5.41, 5.74) is 0.710. The van der Waals surface area contributed by atoms with Crippen molar-refractivity contribution < 1.29 is 4.79 Å². The van der Waals surface area contributed by atoms with Crippen molar-refractivity contribution in [3.63, 3.8) is 0 Å². The summed E-state index contributed by atoms with van der Waals surface area (Å²) in [7, 11) is 0. The number of thioether (sulfide) groups is 1. The van der Waals surface area contributed by atoms with Crippen LogP contribution < -0.4 is 5.32 Å². The van der Waals surface area contributed by atoms with Gasteiger partial charge in [-0.3, -0.25) is 5.10 Å². The van der Waals surface area contributed by atoms with Crippen molar-refractivity contribution in [2.45, 2.75) is 0 Å². The molecule has 70 valence electrons. The molecule has 13 heavy (non-hydrogen) atoms. The van der Waals surface area contributed by atoms with E-state index in [4.69, 9.17) is 0 Å². The van der Waals surface area contributed by atoms with E-state index in [2.05, 4.69) is 15.5 Å². The summed E-state index contributed by atoms with van der Waals surface area (Å²) in [6, 6.07) is -0.0496. The summed E-state index contributed by atoms with van der Waals surface area (Å²) in [4.78, 5) is 13.2. The first-order valence-corrected chi connectivity index (χ1v) is 5.14. The Bertz CT molecular complexity index is 281. The number of rotatable bonds is 1. The number of amides is 2. The molecular formula is C7H10N4OS. The molecule has 2 heterocycles. The molecular weight excluding hydrogens is 188 g/mol. The molecule has 0 atom stereocenters. The molecule has 1 aliphatic heterocycles. The van der Waals surface area contributed by atoms with Gasteiger partial charge in [0.15, 0.2) is 0 Å². The molecule has 1 fully saturated rings.